The number of hydrogen-bond acceptors (Lipinski definition) is 6. The van der Waals surface area contributed by atoms with Gasteiger partial charge in [0, 0.05) is 31.9 Å². The molecule has 8 heteroatoms. The number of nitrogens with zero attached hydrogens (tertiary/aromatic N) is 4. The minimum absolute atomic E-state index is 0.0300. The van der Waals surface area contributed by atoms with Crippen LogP contribution in [0.4, 0.5) is 5.95 Å². The van der Waals surface area contributed by atoms with Crippen LogP contribution >= 0.6 is 0 Å². The fourth-order valence-electron chi connectivity index (χ4n) is 2.74. The van der Waals surface area contributed by atoms with E-state index >= 15 is 0 Å². The minimum atomic E-state index is -3.03. The number of carbonyl (C=O) groups excluding carboxylic acids is 1. The summed E-state index contributed by atoms with van der Waals surface area (Å²) in [5, 5.41) is 0. The zero-order valence-electron chi connectivity index (χ0n) is 14.1. The largest absolute Gasteiger partial charge is 0.341 e. The van der Waals surface area contributed by atoms with Crippen LogP contribution in [-0.2, 0) is 9.84 Å². The van der Waals surface area contributed by atoms with Crippen LogP contribution in [0.25, 0.3) is 0 Å². The molecule has 1 aromatic heterocycles. The Labute approximate surface area is 137 Å². The van der Waals surface area contributed by atoms with Gasteiger partial charge >= 0.3 is 0 Å². The van der Waals surface area contributed by atoms with Gasteiger partial charge in [0.05, 0.1) is 11.5 Å². The number of hydrogen-bond donors (Lipinski definition) is 0. The summed E-state index contributed by atoms with van der Waals surface area (Å²) in [6.07, 6.45) is 0.484. The van der Waals surface area contributed by atoms with Crippen molar-refractivity contribution in [1.82, 2.24) is 14.9 Å². The summed E-state index contributed by atoms with van der Waals surface area (Å²) in [4.78, 5) is 24.9. The molecule has 1 fully saturated rings. The van der Waals surface area contributed by atoms with Crippen molar-refractivity contribution in [1.29, 1.82) is 0 Å². The molecule has 1 saturated heterocycles. The first kappa shape index (κ1) is 17.7. The van der Waals surface area contributed by atoms with Crippen LogP contribution in [0.2, 0.25) is 0 Å². The smallest absolute Gasteiger partial charge is 0.272 e. The van der Waals surface area contributed by atoms with E-state index in [1.165, 1.54) is 4.90 Å². The quantitative estimate of drug-likeness (QED) is 0.791. The van der Waals surface area contributed by atoms with Crippen LogP contribution in [-0.4, -0.2) is 66.9 Å². The maximum absolute atomic E-state index is 12.7. The molecule has 1 aromatic rings. The van der Waals surface area contributed by atoms with Crippen molar-refractivity contribution in [3.63, 3.8) is 0 Å². The van der Waals surface area contributed by atoms with Crippen molar-refractivity contribution in [2.75, 3.05) is 36.5 Å². The molecule has 1 atom stereocenters. The van der Waals surface area contributed by atoms with E-state index in [4.69, 9.17) is 0 Å². The molecule has 0 aliphatic carbocycles. The number of carbonyl (C=O) groups is 1. The Kier molecular flexibility index (Phi) is 5.23. The maximum Gasteiger partial charge on any atom is 0.272 e. The van der Waals surface area contributed by atoms with E-state index < -0.39 is 9.84 Å². The van der Waals surface area contributed by atoms with Crippen molar-refractivity contribution < 1.29 is 13.2 Å². The van der Waals surface area contributed by atoms with Crippen LogP contribution in [0, 0.1) is 6.92 Å². The highest BCUT2D eigenvalue weighted by atomic mass is 32.2. The summed E-state index contributed by atoms with van der Waals surface area (Å²) in [5.41, 5.74) is 1.03. The molecule has 23 heavy (non-hydrogen) atoms. The first-order valence-electron chi connectivity index (χ1n) is 7.85. The molecule has 128 valence electrons. The summed E-state index contributed by atoms with van der Waals surface area (Å²) in [5.74, 6) is 0.446. The third-order valence-electron chi connectivity index (χ3n) is 4.18. The second-order valence-electron chi connectivity index (χ2n) is 5.84. The number of amides is 1. The van der Waals surface area contributed by atoms with Crippen LogP contribution in [0.5, 0.6) is 0 Å². The van der Waals surface area contributed by atoms with Gasteiger partial charge in [-0.25, -0.2) is 18.4 Å². The minimum Gasteiger partial charge on any atom is -0.341 e. The van der Waals surface area contributed by atoms with Crippen LogP contribution in [0.1, 0.15) is 36.5 Å². The van der Waals surface area contributed by atoms with E-state index in [1.807, 2.05) is 25.7 Å². The SMILES string of the molecule is CCN(CC)c1nc(C)cc(C(=O)N(C)C2CCS(=O)(=O)C2)n1. The number of rotatable bonds is 5. The molecule has 1 aliphatic rings. The van der Waals surface area contributed by atoms with Gasteiger partial charge in [0.1, 0.15) is 5.69 Å². The summed E-state index contributed by atoms with van der Waals surface area (Å²) in [6, 6.07) is 1.37. The fraction of sp³-hybridized carbons (Fsp3) is 0.667. The predicted octanol–water partition coefficient (Wildman–Crippen LogP) is 0.890. The van der Waals surface area contributed by atoms with Gasteiger partial charge in [0.2, 0.25) is 5.95 Å². The molecule has 2 heterocycles. The highest BCUT2D eigenvalue weighted by Crippen LogP contribution is 2.19. The van der Waals surface area contributed by atoms with Gasteiger partial charge in [-0.1, -0.05) is 0 Å². The van der Waals surface area contributed by atoms with Gasteiger partial charge in [0.15, 0.2) is 9.84 Å². The molecule has 0 bridgehead atoms. The Bertz CT molecular complexity index is 686. The molecule has 0 aromatic carbocycles. The highest BCUT2D eigenvalue weighted by molar-refractivity contribution is 7.91. The van der Waals surface area contributed by atoms with E-state index in [2.05, 4.69) is 9.97 Å². The summed E-state index contributed by atoms with van der Waals surface area (Å²) in [6.45, 7) is 7.35. The Balaban J connectivity index is 2.25. The van der Waals surface area contributed by atoms with E-state index in [1.54, 1.807) is 13.1 Å². The zero-order chi connectivity index (χ0) is 17.2. The standard InChI is InChI=1S/C15H24N4O3S/c1-5-19(6-2)15-16-11(3)9-13(17-15)14(20)18(4)12-7-8-23(21,22)10-12/h9,12H,5-8,10H2,1-4H3. The molecule has 0 spiro atoms. The number of sulfone groups is 1. The summed E-state index contributed by atoms with van der Waals surface area (Å²) in [7, 11) is -1.39. The van der Waals surface area contributed by atoms with Crippen molar-refractivity contribution in [3.05, 3.63) is 17.5 Å². The molecule has 0 N–H and O–H groups in total. The Morgan fingerprint density at radius 3 is 2.48 bits per heavy atom. The lowest BCUT2D eigenvalue weighted by Gasteiger charge is -2.24. The zero-order valence-corrected chi connectivity index (χ0v) is 14.9. The molecule has 0 radical (unpaired) electrons. The molecule has 1 aliphatic heterocycles. The lowest BCUT2D eigenvalue weighted by Crippen LogP contribution is -2.38. The lowest BCUT2D eigenvalue weighted by molar-refractivity contribution is 0.0741. The van der Waals surface area contributed by atoms with Gasteiger partial charge in [0.25, 0.3) is 5.91 Å². The van der Waals surface area contributed by atoms with Crippen LogP contribution in [0.15, 0.2) is 6.07 Å². The molecule has 2 rings (SSSR count). The third-order valence-corrected chi connectivity index (χ3v) is 5.93. The number of aryl methyl sites for hydroxylation is 1. The van der Waals surface area contributed by atoms with Crippen molar-refractivity contribution >= 4 is 21.7 Å². The second-order valence-corrected chi connectivity index (χ2v) is 8.07. The molecular formula is C15H24N4O3S. The first-order valence-corrected chi connectivity index (χ1v) is 9.67. The van der Waals surface area contributed by atoms with Crippen LogP contribution < -0.4 is 4.90 Å². The lowest BCUT2D eigenvalue weighted by atomic mass is 10.2. The Morgan fingerprint density at radius 1 is 1.30 bits per heavy atom. The topological polar surface area (TPSA) is 83.5 Å². The van der Waals surface area contributed by atoms with Crippen LogP contribution in [0.3, 0.4) is 0 Å². The summed E-state index contributed by atoms with van der Waals surface area (Å²) >= 11 is 0. The monoisotopic (exact) mass is 340 g/mol. The third kappa shape index (κ3) is 3.99. The van der Waals surface area contributed by atoms with Gasteiger partial charge < -0.3 is 9.80 Å². The molecule has 7 nitrogen and oxygen atoms in total. The Morgan fingerprint density at radius 2 is 1.96 bits per heavy atom. The van der Waals surface area contributed by atoms with E-state index in [9.17, 15) is 13.2 Å². The van der Waals surface area contributed by atoms with Gasteiger partial charge in [-0.15, -0.1) is 0 Å². The normalized spacial score (nSPS) is 19.6. The average Bonchev–Trinajstić information content (AvgIpc) is 2.86. The van der Waals surface area contributed by atoms with Gasteiger partial charge in [-0.2, -0.15) is 0 Å². The highest BCUT2D eigenvalue weighted by Gasteiger charge is 2.33. The number of anilines is 1. The molecule has 1 unspecified atom stereocenters. The Hall–Kier alpha value is -1.70. The molecule has 0 saturated carbocycles. The molecule has 1 amide bonds. The molecular weight excluding hydrogens is 316 g/mol. The van der Waals surface area contributed by atoms with Gasteiger partial charge in [-0.05, 0) is 33.3 Å². The van der Waals surface area contributed by atoms with Crippen molar-refractivity contribution in [3.8, 4) is 0 Å². The van der Waals surface area contributed by atoms with Gasteiger partial charge in [-0.3, -0.25) is 4.79 Å². The average molecular weight is 340 g/mol. The summed E-state index contributed by atoms with van der Waals surface area (Å²) < 4.78 is 23.2. The van der Waals surface area contributed by atoms with Crippen molar-refractivity contribution in [2.45, 2.75) is 33.2 Å². The predicted molar refractivity (Wildman–Crippen MR) is 89.5 cm³/mol. The van der Waals surface area contributed by atoms with E-state index in [0.29, 0.717) is 18.1 Å². The van der Waals surface area contributed by atoms with E-state index in [0.717, 1.165) is 18.8 Å². The second kappa shape index (κ2) is 6.82. The maximum atomic E-state index is 12.7. The van der Waals surface area contributed by atoms with Crippen molar-refractivity contribution in [2.24, 2.45) is 0 Å². The fourth-order valence-corrected chi connectivity index (χ4v) is 4.51. The number of aromatic nitrogens is 2. The first-order chi connectivity index (χ1) is 10.8. The van der Waals surface area contributed by atoms with E-state index in [-0.39, 0.29) is 23.5 Å².